The molecule has 0 bridgehead atoms. The Balaban J connectivity index is 0. The monoisotopic (exact) mass is 391 g/mol. The Labute approximate surface area is 129 Å². The number of nitrogens with zero attached hydrogens (tertiary/aromatic N) is 1. The molecular weight excluding hydrogens is 362 g/mol. The lowest BCUT2D eigenvalue weighted by Crippen LogP contribution is -3.00. The predicted octanol–water partition coefficient (Wildman–Crippen LogP) is 1.41. The van der Waals surface area contributed by atoms with Gasteiger partial charge in [-0.15, -0.1) is 0 Å². The standard InChI is InChI=1S/C13H31BrNS.BrH/c1-6-15(7-2,8-3)12-10-9-11-13-16(4,5)14;/h6-13H2,1-5H3;1H/q+1;/p-1. The molecule has 0 aliphatic rings. The topological polar surface area (TPSA) is 0 Å². The third kappa shape index (κ3) is 9.80. The Hall–Kier alpha value is 1.27. The Bertz CT molecular complexity index is 168. The van der Waals surface area contributed by atoms with Gasteiger partial charge in [0.25, 0.3) is 0 Å². The lowest BCUT2D eigenvalue weighted by atomic mass is 10.2. The lowest BCUT2D eigenvalue weighted by molar-refractivity contribution is -0.923. The van der Waals surface area contributed by atoms with Gasteiger partial charge in [-0.3, -0.25) is 0 Å². The summed E-state index contributed by atoms with van der Waals surface area (Å²) in [5, 5.41) is 0. The predicted molar refractivity (Wildman–Crippen MR) is 83.8 cm³/mol. The number of hydrogen-bond acceptors (Lipinski definition) is 0. The fraction of sp³-hybridized carbons (Fsp3) is 1.00. The van der Waals surface area contributed by atoms with Gasteiger partial charge in [-0.25, -0.2) is 0 Å². The average Bonchev–Trinajstić information content (AvgIpc) is 2.23. The molecule has 0 saturated heterocycles. The molecule has 0 fully saturated rings. The van der Waals surface area contributed by atoms with Gasteiger partial charge < -0.3 is 21.5 Å². The molecule has 17 heavy (non-hydrogen) atoms. The lowest BCUT2D eigenvalue weighted by Gasteiger charge is -2.36. The van der Waals surface area contributed by atoms with Crippen molar-refractivity contribution >= 4 is 23.3 Å². The van der Waals surface area contributed by atoms with E-state index in [1.54, 1.807) is 0 Å². The fourth-order valence-corrected chi connectivity index (χ4v) is 3.79. The van der Waals surface area contributed by atoms with Crippen LogP contribution in [0, 0.1) is 0 Å². The van der Waals surface area contributed by atoms with E-state index in [4.69, 9.17) is 0 Å². The summed E-state index contributed by atoms with van der Waals surface area (Å²) in [6, 6.07) is 0. The second-order valence-electron chi connectivity index (χ2n) is 5.18. The Morgan fingerprint density at radius 2 is 1.35 bits per heavy atom. The Kier molecular flexibility index (Phi) is 12.2. The summed E-state index contributed by atoms with van der Waals surface area (Å²) in [5.41, 5.74) is 0. The molecule has 0 aromatic heterocycles. The number of hydrogen-bond donors (Lipinski definition) is 0. The molecule has 0 rings (SSSR count). The van der Waals surface area contributed by atoms with Gasteiger partial charge in [-0.2, -0.15) is 8.46 Å². The molecule has 0 aliphatic carbocycles. The summed E-state index contributed by atoms with van der Waals surface area (Å²) in [6.07, 6.45) is 8.89. The summed E-state index contributed by atoms with van der Waals surface area (Å²) in [5.74, 6) is 1.37. The van der Waals surface area contributed by atoms with Crippen LogP contribution < -0.4 is 17.0 Å². The van der Waals surface area contributed by atoms with Crippen LogP contribution in [0.5, 0.6) is 0 Å². The van der Waals surface area contributed by atoms with Gasteiger partial charge >= 0.3 is 0 Å². The van der Waals surface area contributed by atoms with Crippen molar-refractivity contribution in [1.29, 1.82) is 0 Å². The largest absolute Gasteiger partial charge is 1.00 e. The molecular formula is C13H31Br2NS. The van der Waals surface area contributed by atoms with Crippen molar-refractivity contribution in [2.24, 2.45) is 0 Å². The molecule has 0 saturated carbocycles. The smallest absolute Gasteiger partial charge is 0.0786 e. The quantitative estimate of drug-likeness (QED) is 0.411. The van der Waals surface area contributed by atoms with Gasteiger partial charge in [0.1, 0.15) is 0 Å². The molecule has 0 unspecified atom stereocenters. The van der Waals surface area contributed by atoms with Crippen LogP contribution in [0.1, 0.15) is 40.0 Å². The van der Waals surface area contributed by atoms with Crippen molar-refractivity contribution in [2.45, 2.75) is 40.0 Å². The highest BCUT2D eigenvalue weighted by Gasteiger charge is 2.19. The van der Waals surface area contributed by atoms with Crippen molar-refractivity contribution in [2.75, 3.05) is 44.4 Å². The summed E-state index contributed by atoms with van der Waals surface area (Å²) < 4.78 is 1.31. The van der Waals surface area contributed by atoms with Crippen molar-refractivity contribution in [3.63, 3.8) is 0 Å². The van der Waals surface area contributed by atoms with Gasteiger partial charge in [0, 0.05) is 0 Å². The van der Waals surface area contributed by atoms with E-state index in [-0.39, 0.29) is 17.0 Å². The third-order valence-corrected chi connectivity index (χ3v) is 6.01. The van der Waals surface area contributed by atoms with Gasteiger partial charge in [0.05, 0.1) is 26.2 Å². The first-order valence-corrected chi connectivity index (χ1v) is 11.1. The highest BCUT2D eigenvalue weighted by Crippen LogP contribution is 2.48. The SMILES string of the molecule is CC[N+](CC)(CC)CCCCCS(C)(C)Br.[Br-]. The van der Waals surface area contributed by atoms with Crippen LogP contribution in [-0.4, -0.2) is 48.9 Å². The molecule has 0 aromatic carbocycles. The molecule has 1 nitrogen and oxygen atoms in total. The van der Waals surface area contributed by atoms with Crippen LogP contribution in [0.4, 0.5) is 0 Å². The first-order chi connectivity index (χ1) is 7.39. The van der Waals surface area contributed by atoms with E-state index in [0.717, 1.165) is 0 Å². The van der Waals surface area contributed by atoms with Crippen LogP contribution in [0.25, 0.3) is 0 Å². The maximum absolute atomic E-state index is 3.79. The number of halogens is 2. The normalized spacial score (nSPS) is 13.3. The van der Waals surface area contributed by atoms with Crippen LogP contribution in [0.3, 0.4) is 0 Å². The van der Waals surface area contributed by atoms with Crippen LogP contribution in [-0.2, 0) is 0 Å². The van der Waals surface area contributed by atoms with E-state index < -0.39 is 8.46 Å². The fourth-order valence-electron chi connectivity index (χ4n) is 2.21. The van der Waals surface area contributed by atoms with Crippen molar-refractivity contribution in [1.82, 2.24) is 0 Å². The van der Waals surface area contributed by atoms with Crippen LogP contribution in [0.2, 0.25) is 0 Å². The second-order valence-corrected chi connectivity index (χ2v) is 13.7. The van der Waals surface area contributed by atoms with E-state index in [0.29, 0.717) is 0 Å². The van der Waals surface area contributed by atoms with Crippen molar-refractivity contribution < 1.29 is 21.5 Å². The minimum atomic E-state index is -0.449. The third-order valence-electron chi connectivity index (χ3n) is 3.77. The van der Waals surface area contributed by atoms with E-state index in [1.165, 1.54) is 55.7 Å². The van der Waals surface area contributed by atoms with Crippen molar-refractivity contribution in [3.8, 4) is 0 Å². The highest BCUT2D eigenvalue weighted by atomic mass is 79.9. The van der Waals surface area contributed by atoms with Gasteiger partial charge in [0.2, 0.25) is 0 Å². The zero-order valence-electron chi connectivity index (χ0n) is 12.3. The molecule has 0 amide bonds. The highest BCUT2D eigenvalue weighted by molar-refractivity contribution is 9.58. The van der Waals surface area contributed by atoms with Gasteiger partial charge in [-0.05, 0) is 73.1 Å². The molecule has 0 spiro atoms. The molecule has 0 atom stereocenters. The molecule has 0 radical (unpaired) electrons. The first-order valence-electron chi connectivity index (χ1n) is 6.65. The zero-order valence-corrected chi connectivity index (χ0v) is 16.3. The molecule has 0 aromatic rings. The Morgan fingerprint density at radius 1 is 0.882 bits per heavy atom. The number of quaternary nitrogens is 1. The second kappa shape index (κ2) is 10.1. The number of unbranched alkanes of at least 4 members (excludes halogenated alkanes) is 2. The Morgan fingerprint density at radius 3 is 1.71 bits per heavy atom. The molecule has 4 heteroatoms. The summed E-state index contributed by atoms with van der Waals surface area (Å²) in [4.78, 5) is 0. The van der Waals surface area contributed by atoms with E-state index in [2.05, 4.69) is 48.1 Å². The number of rotatable bonds is 9. The molecule has 0 heterocycles. The zero-order chi connectivity index (χ0) is 12.7. The summed E-state index contributed by atoms with van der Waals surface area (Å²) in [6.45, 7) is 12.3. The van der Waals surface area contributed by atoms with E-state index >= 15 is 0 Å². The van der Waals surface area contributed by atoms with E-state index in [1.807, 2.05) is 0 Å². The first kappa shape index (κ1) is 20.6. The molecule has 108 valence electrons. The van der Waals surface area contributed by atoms with E-state index in [9.17, 15) is 0 Å². The molecule has 0 N–H and O–H groups in total. The molecule has 0 aliphatic heterocycles. The average molecular weight is 393 g/mol. The minimum absolute atomic E-state index is 0. The maximum atomic E-state index is 3.79. The van der Waals surface area contributed by atoms with Crippen molar-refractivity contribution in [3.05, 3.63) is 0 Å². The maximum Gasteiger partial charge on any atom is 0.0786 e. The van der Waals surface area contributed by atoms with Crippen LogP contribution in [0.15, 0.2) is 0 Å². The summed E-state index contributed by atoms with van der Waals surface area (Å²) in [7, 11) is -0.449. The van der Waals surface area contributed by atoms with Crippen LogP contribution >= 0.6 is 23.3 Å². The summed E-state index contributed by atoms with van der Waals surface area (Å²) >= 11 is 3.79. The van der Waals surface area contributed by atoms with Gasteiger partial charge in [0.15, 0.2) is 0 Å². The van der Waals surface area contributed by atoms with Gasteiger partial charge in [-0.1, -0.05) is 0 Å². The minimum Gasteiger partial charge on any atom is -1.00 e.